The molecule has 1 aromatic carbocycles. The normalized spacial score (nSPS) is 14.2. The third-order valence-corrected chi connectivity index (χ3v) is 5.95. The molecule has 0 fully saturated rings. The van der Waals surface area contributed by atoms with Gasteiger partial charge in [-0.25, -0.2) is 16.8 Å². The SMILES string of the molecule is CCS(=O)(=O)CCNC(C)c1ccc(S(C)(=O)=O)cc1. The van der Waals surface area contributed by atoms with Gasteiger partial charge in [-0.15, -0.1) is 0 Å². The summed E-state index contributed by atoms with van der Waals surface area (Å²) in [6, 6.07) is 6.57. The van der Waals surface area contributed by atoms with Gasteiger partial charge in [-0.1, -0.05) is 19.1 Å². The molecule has 1 unspecified atom stereocenters. The molecule has 0 radical (unpaired) electrons. The van der Waals surface area contributed by atoms with Gasteiger partial charge >= 0.3 is 0 Å². The highest BCUT2D eigenvalue weighted by Gasteiger charge is 2.11. The summed E-state index contributed by atoms with van der Waals surface area (Å²) in [6.07, 6.45) is 1.17. The average Bonchev–Trinajstić information content (AvgIpc) is 2.37. The Hall–Kier alpha value is -0.920. The van der Waals surface area contributed by atoms with E-state index in [4.69, 9.17) is 0 Å². The molecule has 5 nitrogen and oxygen atoms in total. The number of nitrogens with one attached hydrogen (secondary N) is 1. The molecule has 1 N–H and O–H groups in total. The van der Waals surface area contributed by atoms with Crippen LogP contribution in [0.15, 0.2) is 29.2 Å². The summed E-state index contributed by atoms with van der Waals surface area (Å²) in [4.78, 5) is 0.280. The molecule has 1 aromatic rings. The number of sulfone groups is 2. The van der Waals surface area contributed by atoms with Crippen molar-refractivity contribution in [3.05, 3.63) is 29.8 Å². The maximum absolute atomic E-state index is 11.4. The molecule has 20 heavy (non-hydrogen) atoms. The van der Waals surface area contributed by atoms with E-state index in [1.165, 1.54) is 6.26 Å². The Kier molecular flexibility index (Phi) is 5.73. The predicted octanol–water partition coefficient (Wildman–Crippen LogP) is 1.18. The highest BCUT2D eigenvalue weighted by Crippen LogP contribution is 2.16. The van der Waals surface area contributed by atoms with Gasteiger partial charge in [0.05, 0.1) is 10.6 Å². The number of rotatable bonds is 7. The van der Waals surface area contributed by atoms with Gasteiger partial charge in [-0.2, -0.15) is 0 Å². The Morgan fingerprint density at radius 1 is 1.10 bits per heavy atom. The van der Waals surface area contributed by atoms with Gasteiger partial charge in [0.1, 0.15) is 0 Å². The molecular formula is C13H21NO4S2. The van der Waals surface area contributed by atoms with Crippen molar-refractivity contribution in [1.29, 1.82) is 0 Å². The van der Waals surface area contributed by atoms with Crippen LogP contribution in [0.2, 0.25) is 0 Å². The second kappa shape index (κ2) is 6.69. The summed E-state index contributed by atoms with van der Waals surface area (Å²) in [6.45, 7) is 3.92. The van der Waals surface area contributed by atoms with Gasteiger partial charge in [0.25, 0.3) is 0 Å². The van der Waals surface area contributed by atoms with E-state index in [-0.39, 0.29) is 22.4 Å². The van der Waals surface area contributed by atoms with Crippen molar-refractivity contribution in [2.24, 2.45) is 0 Å². The van der Waals surface area contributed by atoms with Crippen molar-refractivity contribution < 1.29 is 16.8 Å². The van der Waals surface area contributed by atoms with E-state index in [9.17, 15) is 16.8 Å². The fourth-order valence-corrected chi connectivity index (χ4v) is 3.04. The summed E-state index contributed by atoms with van der Waals surface area (Å²) >= 11 is 0. The lowest BCUT2D eigenvalue weighted by Gasteiger charge is -2.14. The van der Waals surface area contributed by atoms with Gasteiger partial charge in [-0.3, -0.25) is 0 Å². The fraction of sp³-hybridized carbons (Fsp3) is 0.538. The Morgan fingerprint density at radius 3 is 2.10 bits per heavy atom. The molecule has 0 amide bonds. The quantitative estimate of drug-likeness (QED) is 0.816. The first kappa shape index (κ1) is 17.1. The van der Waals surface area contributed by atoms with Crippen LogP contribution >= 0.6 is 0 Å². The Morgan fingerprint density at radius 2 is 1.65 bits per heavy atom. The number of hydrogen-bond acceptors (Lipinski definition) is 5. The lowest BCUT2D eigenvalue weighted by atomic mass is 10.1. The summed E-state index contributed by atoms with van der Waals surface area (Å²) < 4.78 is 45.4. The third-order valence-electron chi connectivity index (χ3n) is 3.11. The molecule has 0 aliphatic carbocycles. The van der Waals surface area contributed by atoms with Gasteiger partial charge in [0, 0.05) is 24.6 Å². The first-order valence-electron chi connectivity index (χ1n) is 6.39. The van der Waals surface area contributed by atoms with Crippen LogP contribution in [0.3, 0.4) is 0 Å². The molecule has 1 atom stereocenters. The van der Waals surface area contributed by atoms with E-state index in [1.54, 1.807) is 31.2 Å². The van der Waals surface area contributed by atoms with Crippen molar-refractivity contribution in [1.82, 2.24) is 5.32 Å². The van der Waals surface area contributed by atoms with Crippen LogP contribution in [0.4, 0.5) is 0 Å². The molecule has 0 aliphatic rings. The van der Waals surface area contributed by atoms with E-state index in [1.807, 2.05) is 6.92 Å². The van der Waals surface area contributed by atoms with Crippen LogP contribution in [0.1, 0.15) is 25.5 Å². The summed E-state index contributed by atoms with van der Waals surface area (Å²) in [5.41, 5.74) is 0.922. The Balaban J connectivity index is 2.63. The van der Waals surface area contributed by atoms with Gasteiger partial charge in [0.2, 0.25) is 0 Å². The standard InChI is InChI=1S/C13H21NO4S2/c1-4-20(17,18)10-9-14-11(2)12-5-7-13(8-6-12)19(3,15)16/h5-8,11,14H,4,9-10H2,1-3H3. The van der Waals surface area contributed by atoms with Crippen LogP contribution in [-0.2, 0) is 19.7 Å². The number of hydrogen-bond donors (Lipinski definition) is 1. The Labute approximate surface area is 121 Å². The van der Waals surface area contributed by atoms with Crippen LogP contribution < -0.4 is 5.32 Å². The van der Waals surface area contributed by atoms with E-state index in [0.29, 0.717) is 6.54 Å². The van der Waals surface area contributed by atoms with E-state index >= 15 is 0 Å². The molecule has 114 valence electrons. The van der Waals surface area contributed by atoms with E-state index < -0.39 is 19.7 Å². The van der Waals surface area contributed by atoms with Crippen molar-refractivity contribution >= 4 is 19.7 Å². The zero-order valence-electron chi connectivity index (χ0n) is 12.0. The molecular weight excluding hydrogens is 298 g/mol. The molecule has 0 aromatic heterocycles. The third kappa shape index (κ3) is 5.22. The largest absolute Gasteiger partial charge is 0.309 e. The summed E-state index contributed by atoms with van der Waals surface area (Å²) in [7, 11) is -6.15. The monoisotopic (exact) mass is 319 g/mol. The first-order chi connectivity index (χ1) is 9.15. The molecule has 0 saturated carbocycles. The summed E-state index contributed by atoms with van der Waals surface area (Å²) in [5.74, 6) is 0.251. The maximum atomic E-state index is 11.4. The topological polar surface area (TPSA) is 80.3 Å². The minimum atomic E-state index is -3.18. The first-order valence-corrected chi connectivity index (χ1v) is 10.1. The highest BCUT2D eigenvalue weighted by molar-refractivity contribution is 7.91. The molecule has 0 aliphatic heterocycles. The molecule has 0 saturated heterocycles. The van der Waals surface area contributed by atoms with Crippen LogP contribution in [-0.4, -0.2) is 41.1 Å². The van der Waals surface area contributed by atoms with Gasteiger partial charge in [0.15, 0.2) is 19.7 Å². The van der Waals surface area contributed by atoms with Crippen LogP contribution in [0.25, 0.3) is 0 Å². The molecule has 1 rings (SSSR count). The second-order valence-electron chi connectivity index (χ2n) is 4.75. The highest BCUT2D eigenvalue weighted by atomic mass is 32.2. The average molecular weight is 319 g/mol. The predicted molar refractivity (Wildman–Crippen MR) is 80.3 cm³/mol. The zero-order chi connectivity index (χ0) is 15.4. The molecule has 7 heteroatoms. The van der Waals surface area contributed by atoms with E-state index in [2.05, 4.69) is 5.32 Å². The van der Waals surface area contributed by atoms with Crippen molar-refractivity contribution in [2.45, 2.75) is 24.8 Å². The van der Waals surface area contributed by atoms with Crippen molar-refractivity contribution in [3.8, 4) is 0 Å². The minimum Gasteiger partial charge on any atom is -0.309 e. The van der Waals surface area contributed by atoms with Crippen LogP contribution in [0, 0.1) is 0 Å². The molecule has 0 heterocycles. The van der Waals surface area contributed by atoms with Gasteiger partial charge in [-0.05, 0) is 24.6 Å². The molecule has 0 spiro atoms. The van der Waals surface area contributed by atoms with Crippen molar-refractivity contribution in [3.63, 3.8) is 0 Å². The molecule has 0 bridgehead atoms. The zero-order valence-corrected chi connectivity index (χ0v) is 13.6. The lowest BCUT2D eigenvalue weighted by molar-refractivity contribution is 0.572. The minimum absolute atomic E-state index is 0.0318. The smallest absolute Gasteiger partial charge is 0.175 e. The van der Waals surface area contributed by atoms with Crippen LogP contribution in [0.5, 0.6) is 0 Å². The lowest BCUT2D eigenvalue weighted by Crippen LogP contribution is -2.26. The van der Waals surface area contributed by atoms with Crippen molar-refractivity contribution in [2.75, 3.05) is 24.3 Å². The van der Waals surface area contributed by atoms with Gasteiger partial charge < -0.3 is 5.32 Å². The Bertz CT molecular complexity index is 633. The number of benzene rings is 1. The second-order valence-corrected chi connectivity index (χ2v) is 9.24. The maximum Gasteiger partial charge on any atom is 0.175 e. The fourth-order valence-electron chi connectivity index (χ4n) is 1.70. The van der Waals surface area contributed by atoms with E-state index in [0.717, 1.165) is 5.56 Å². The summed E-state index contributed by atoms with van der Waals surface area (Å²) in [5, 5.41) is 3.12.